The zero-order valence-corrected chi connectivity index (χ0v) is 6.92. The minimum Gasteiger partial charge on any atom is -0.380 e. The maximum Gasteiger partial charge on any atom is 0.0709 e. The summed E-state index contributed by atoms with van der Waals surface area (Å²) in [5, 5.41) is 0. The summed E-state index contributed by atoms with van der Waals surface area (Å²) < 4.78 is 5.07. The van der Waals surface area contributed by atoms with Gasteiger partial charge in [0.2, 0.25) is 0 Å². The van der Waals surface area contributed by atoms with E-state index in [0.29, 0.717) is 0 Å². The predicted octanol–water partition coefficient (Wildman–Crippen LogP) is 2.16. The van der Waals surface area contributed by atoms with E-state index in [9.17, 15) is 0 Å². The van der Waals surface area contributed by atoms with Gasteiger partial charge in [0.25, 0.3) is 0 Å². The van der Waals surface area contributed by atoms with E-state index in [0.717, 1.165) is 18.4 Å². The van der Waals surface area contributed by atoms with Crippen LogP contribution in [0.1, 0.15) is 12.8 Å². The highest BCUT2D eigenvalue weighted by atomic mass is 16.5. The van der Waals surface area contributed by atoms with Crippen molar-refractivity contribution in [3.63, 3.8) is 0 Å². The summed E-state index contributed by atoms with van der Waals surface area (Å²) in [7, 11) is 1.75. The summed E-state index contributed by atoms with van der Waals surface area (Å²) >= 11 is 0. The van der Waals surface area contributed by atoms with E-state index < -0.39 is 0 Å². The first-order valence-corrected chi connectivity index (χ1v) is 4.26. The Morgan fingerprint density at radius 1 is 1.64 bits per heavy atom. The number of methoxy groups -OCH3 is 1. The fourth-order valence-electron chi connectivity index (χ4n) is 1.67. The van der Waals surface area contributed by atoms with Crippen molar-refractivity contribution in [1.82, 2.24) is 0 Å². The van der Waals surface area contributed by atoms with Gasteiger partial charge in [0.15, 0.2) is 0 Å². The van der Waals surface area contributed by atoms with Crippen molar-refractivity contribution >= 4 is 0 Å². The Morgan fingerprint density at radius 3 is 3.36 bits per heavy atom. The molecule has 1 nitrogen and oxygen atoms in total. The molecular formula is C10H14O. The number of allylic oxidation sites excluding steroid dienone is 2. The van der Waals surface area contributed by atoms with Crippen molar-refractivity contribution in [1.29, 1.82) is 0 Å². The molecule has 2 rings (SSSR count). The van der Waals surface area contributed by atoms with Crippen LogP contribution in [0.2, 0.25) is 0 Å². The average molecular weight is 150 g/mol. The number of rotatable bonds is 2. The van der Waals surface area contributed by atoms with Crippen molar-refractivity contribution in [2.45, 2.75) is 12.8 Å². The minimum absolute atomic E-state index is 0.774. The molecule has 0 aromatic rings. The van der Waals surface area contributed by atoms with Gasteiger partial charge >= 0.3 is 0 Å². The Balaban J connectivity index is 1.99. The number of hydrogen-bond donors (Lipinski definition) is 0. The smallest absolute Gasteiger partial charge is 0.0709 e. The molecule has 0 N–H and O–H groups in total. The summed E-state index contributed by atoms with van der Waals surface area (Å²) in [5.74, 6) is 1.85. The van der Waals surface area contributed by atoms with Gasteiger partial charge in [0, 0.05) is 7.11 Å². The molecule has 0 amide bonds. The summed E-state index contributed by atoms with van der Waals surface area (Å²) in [6.45, 7) is 0.774. The quantitative estimate of drug-likeness (QED) is 0.586. The largest absolute Gasteiger partial charge is 0.380 e. The zero-order valence-electron chi connectivity index (χ0n) is 6.92. The highest BCUT2D eigenvalue weighted by Gasteiger charge is 2.34. The first-order valence-electron chi connectivity index (χ1n) is 4.26. The normalized spacial score (nSPS) is 34.1. The topological polar surface area (TPSA) is 9.23 Å². The lowest BCUT2D eigenvalue weighted by Crippen LogP contribution is -1.90. The molecule has 1 heteroatoms. The van der Waals surface area contributed by atoms with Gasteiger partial charge < -0.3 is 4.74 Å². The lowest BCUT2D eigenvalue weighted by molar-refractivity contribution is 0.228. The highest BCUT2D eigenvalue weighted by molar-refractivity contribution is 5.25. The molecule has 0 aromatic carbocycles. The van der Waals surface area contributed by atoms with Gasteiger partial charge in [-0.25, -0.2) is 0 Å². The van der Waals surface area contributed by atoms with Gasteiger partial charge in [-0.05, 0) is 30.3 Å². The third-order valence-corrected chi connectivity index (χ3v) is 2.53. The highest BCUT2D eigenvalue weighted by Crippen LogP contribution is 2.44. The van der Waals surface area contributed by atoms with Gasteiger partial charge in [-0.2, -0.15) is 0 Å². The number of hydrogen-bond acceptors (Lipinski definition) is 1. The van der Waals surface area contributed by atoms with E-state index in [4.69, 9.17) is 4.74 Å². The Kier molecular flexibility index (Phi) is 1.82. The lowest BCUT2D eigenvalue weighted by Gasteiger charge is -1.97. The van der Waals surface area contributed by atoms with E-state index in [1.807, 2.05) is 0 Å². The molecule has 0 aliphatic heterocycles. The van der Waals surface area contributed by atoms with E-state index in [2.05, 4.69) is 18.2 Å². The lowest BCUT2D eigenvalue weighted by atomic mass is 10.2. The molecule has 0 aromatic heterocycles. The Labute approximate surface area is 67.7 Å². The second kappa shape index (κ2) is 2.82. The molecule has 0 radical (unpaired) electrons. The van der Waals surface area contributed by atoms with E-state index in [1.54, 1.807) is 7.11 Å². The second-order valence-corrected chi connectivity index (χ2v) is 3.47. The third-order valence-electron chi connectivity index (χ3n) is 2.53. The monoisotopic (exact) mass is 150 g/mol. The van der Waals surface area contributed by atoms with Gasteiger partial charge in [-0.15, -0.1) is 0 Å². The summed E-state index contributed by atoms with van der Waals surface area (Å²) in [6.07, 6.45) is 9.55. The second-order valence-electron chi connectivity index (χ2n) is 3.47. The molecule has 60 valence electrons. The molecule has 1 fully saturated rings. The molecule has 0 saturated heterocycles. The average Bonchev–Trinajstić information content (AvgIpc) is 2.71. The Morgan fingerprint density at radius 2 is 2.55 bits per heavy atom. The van der Waals surface area contributed by atoms with Crippen LogP contribution in [0, 0.1) is 11.8 Å². The van der Waals surface area contributed by atoms with Crippen molar-refractivity contribution in [3.8, 4) is 0 Å². The van der Waals surface area contributed by atoms with E-state index in [1.165, 1.54) is 18.4 Å². The standard InChI is InChI=1S/C10H14O/c1-11-7-8-2-4-9-6-10(9)5-3-8/h2-4,9-10H,5-7H2,1H3. The molecule has 1 saturated carbocycles. The maximum atomic E-state index is 5.07. The minimum atomic E-state index is 0.774. The van der Waals surface area contributed by atoms with Crippen molar-refractivity contribution in [2.24, 2.45) is 11.8 Å². The van der Waals surface area contributed by atoms with Crippen LogP contribution in [0.25, 0.3) is 0 Å². The number of fused-ring (bicyclic) bond motifs is 1. The van der Waals surface area contributed by atoms with Gasteiger partial charge in [-0.3, -0.25) is 0 Å². The van der Waals surface area contributed by atoms with Crippen LogP contribution in [0.5, 0.6) is 0 Å². The van der Waals surface area contributed by atoms with Crippen LogP contribution in [0.3, 0.4) is 0 Å². The molecule has 11 heavy (non-hydrogen) atoms. The first-order chi connectivity index (χ1) is 5.40. The van der Waals surface area contributed by atoms with E-state index in [-0.39, 0.29) is 0 Å². The van der Waals surface area contributed by atoms with Gasteiger partial charge in [0.05, 0.1) is 6.61 Å². The van der Waals surface area contributed by atoms with Crippen molar-refractivity contribution < 1.29 is 4.74 Å². The Hall–Kier alpha value is -0.560. The zero-order chi connectivity index (χ0) is 7.68. The maximum absolute atomic E-state index is 5.07. The van der Waals surface area contributed by atoms with Crippen LogP contribution in [0.4, 0.5) is 0 Å². The molecule has 2 aliphatic rings. The van der Waals surface area contributed by atoms with Crippen LogP contribution >= 0.6 is 0 Å². The molecule has 0 spiro atoms. The van der Waals surface area contributed by atoms with Crippen LogP contribution in [0.15, 0.2) is 23.8 Å². The number of ether oxygens (including phenoxy) is 1. The predicted molar refractivity (Wildman–Crippen MR) is 45.3 cm³/mol. The first kappa shape index (κ1) is 7.11. The summed E-state index contributed by atoms with van der Waals surface area (Å²) in [5.41, 5.74) is 1.35. The van der Waals surface area contributed by atoms with Crippen molar-refractivity contribution in [3.05, 3.63) is 23.8 Å². The van der Waals surface area contributed by atoms with Gasteiger partial charge in [-0.1, -0.05) is 18.2 Å². The molecule has 0 bridgehead atoms. The van der Waals surface area contributed by atoms with E-state index >= 15 is 0 Å². The molecule has 2 atom stereocenters. The SMILES string of the molecule is COCC1=CCC2CC2C=C1. The third kappa shape index (κ3) is 1.54. The van der Waals surface area contributed by atoms with Gasteiger partial charge in [0.1, 0.15) is 0 Å². The molecule has 2 aliphatic carbocycles. The Bertz CT molecular complexity index is 203. The van der Waals surface area contributed by atoms with Crippen LogP contribution in [-0.4, -0.2) is 13.7 Å². The fourth-order valence-corrected chi connectivity index (χ4v) is 1.67. The van der Waals surface area contributed by atoms with Crippen molar-refractivity contribution in [2.75, 3.05) is 13.7 Å². The fraction of sp³-hybridized carbons (Fsp3) is 0.600. The molecular weight excluding hydrogens is 136 g/mol. The van der Waals surface area contributed by atoms with Crippen LogP contribution < -0.4 is 0 Å². The summed E-state index contributed by atoms with van der Waals surface area (Å²) in [4.78, 5) is 0. The molecule has 0 heterocycles. The summed E-state index contributed by atoms with van der Waals surface area (Å²) in [6, 6.07) is 0. The van der Waals surface area contributed by atoms with Crippen LogP contribution in [-0.2, 0) is 4.74 Å². The molecule has 2 unspecified atom stereocenters.